The maximum atomic E-state index is 13.0. The van der Waals surface area contributed by atoms with Gasteiger partial charge in [-0.1, -0.05) is 18.2 Å². The fourth-order valence-electron chi connectivity index (χ4n) is 4.79. The molecular formula is C29H35N5O4S. The molecule has 5 rings (SSSR count). The van der Waals surface area contributed by atoms with Gasteiger partial charge in [0.15, 0.2) is 0 Å². The third-order valence-corrected chi connectivity index (χ3v) is 8.53. The van der Waals surface area contributed by atoms with E-state index in [0.29, 0.717) is 62.1 Å². The van der Waals surface area contributed by atoms with E-state index in [-0.39, 0.29) is 11.8 Å². The van der Waals surface area contributed by atoms with Crippen molar-refractivity contribution in [3.05, 3.63) is 82.2 Å². The van der Waals surface area contributed by atoms with Crippen molar-refractivity contribution in [2.75, 3.05) is 32.4 Å². The summed E-state index contributed by atoms with van der Waals surface area (Å²) in [6, 6.07) is 15.0. The molecule has 10 heteroatoms. The third kappa shape index (κ3) is 6.39. The zero-order valence-electron chi connectivity index (χ0n) is 22.7. The van der Waals surface area contributed by atoms with Crippen LogP contribution in [0.5, 0.6) is 5.75 Å². The van der Waals surface area contributed by atoms with Crippen molar-refractivity contribution < 1.29 is 18.5 Å². The monoisotopic (exact) mass is 549 g/mol. The number of piperazine rings is 1. The quantitative estimate of drug-likeness (QED) is 0.442. The fraction of sp³-hybridized carbons (Fsp3) is 0.414. The highest BCUT2D eigenvalue weighted by atomic mass is 32.2. The maximum absolute atomic E-state index is 13.0. The highest BCUT2D eigenvalue weighted by Gasteiger charge is 2.27. The third-order valence-electron chi connectivity index (χ3n) is 7.43. The van der Waals surface area contributed by atoms with Crippen molar-refractivity contribution in [2.45, 2.75) is 38.8 Å². The summed E-state index contributed by atoms with van der Waals surface area (Å²) in [4.78, 5) is 27.6. The molecule has 1 atom stereocenters. The van der Waals surface area contributed by atoms with Crippen LogP contribution < -0.4 is 10.1 Å². The normalized spacial score (nSPS) is 16.6. The number of amides is 2. The minimum absolute atomic E-state index is 0.0200. The van der Waals surface area contributed by atoms with E-state index >= 15 is 0 Å². The summed E-state index contributed by atoms with van der Waals surface area (Å²) in [7, 11) is 0.905. The zero-order chi connectivity index (χ0) is 27.5. The Morgan fingerprint density at radius 2 is 1.79 bits per heavy atom. The lowest BCUT2D eigenvalue weighted by Gasteiger charge is -2.33. The Morgan fingerprint density at radius 1 is 1.08 bits per heavy atom. The van der Waals surface area contributed by atoms with Crippen molar-refractivity contribution >= 4 is 22.8 Å². The van der Waals surface area contributed by atoms with Gasteiger partial charge < -0.3 is 15.0 Å². The van der Waals surface area contributed by atoms with Crippen LogP contribution >= 0.6 is 0 Å². The number of ether oxygens (including phenoxy) is 1. The SMILES string of the molecule is Cc1c(OCc2ccc(C(=O)N3CCN(S(C)=O)CC3)cc2)cccc1C(=O)NCc1cc(C2CC2)nn1C. The Balaban J connectivity index is 1.15. The summed E-state index contributed by atoms with van der Waals surface area (Å²) < 4.78 is 21.4. The van der Waals surface area contributed by atoms with Crippen molar-refractivity contribution in [3.8, 4) is 5.75 Å². The molecule has 2 heterocycles. The minimum atomic E-state index is -1.01. The molecule has 1 saturated carbocycles. The van der Waals surface area contributed by atoms with Gasteiger partial charge in [-0.15, -0.1) is 0 Å². The Bertz CT molecular complexity index is 1370. The predicted molar refractivity (Wildman–Crippen MR) is 150 cm³/mol. The van der Waals surface area contributed by atoms with E-state index in [9.17, 15) is 13.8 Å². The fourth-order valence-corrected chi connectivity index (χ4v) is 5.47. The van der Waals surface area contributed by atoms with Crippen LogP contribution in [0.4, 0.5) is 0 Å². The Labute approximate surface area is 231 Å². The van der Waals surface area contributed by atoms with Crippen LogP contribution in [0, 0.1) is 6.92 Å². The van der Waals surface area contributed by atoms with Gasteiger partial charge in [-0.05, 0) is 55.7 Å². The molecule has 2 aliphatic rings. The molecule has 1 aliphatic carbocycles. The van der Waals surface area contributed by atoms with Crippen LogP contribution in [0.25, 0.3) is 0 Å². The van der Waals surface area contributed by atoms with Gasteiger partial charge in [0.2, 0.25) is 0 Å². The number of carbonyl (C=O) groups is 2. The molecule has 0 spiro atoms. The molecule has 2 aromatic carbocycles. The van der Waals surface area contributed by atoms with Gasteiger partial charge in [0.1, 0.15) is 12.4 Å². The standard InChI is InChI=1S/C29H35N5O4S/c1-20-25(28(35)30-18-24-17-26(22-11-12-22)31-32(24)2)5-4-6-27(20)38-19-21-7-9-23(10-8-21)29(36)33-13-15-34(16-14-33)39(3)37/h4-10,17,22H,11-16,18-19H2,1-3H3,(H,30,35). The van der Waals surface area contributed by atoms with Crippen molar-refractivity contribution in [1.29, 1.82) is 0 Å². The summed E-state index contributed by atoms with van der Waals surface area (Å²) in [6.45, 7) is 4.98. The Morgan fingerprint density at radius 3 is 2.46 bits per heavy atom. The number of hydrogen-bond donors (Lipinski definition) is 1. The summed E-state index contributed by atoms with van der Waals surface area (Å²) >= 11 is 0. The zero-order valence-corrected chi connectivity index (χ0v) is 23.5. The van der Waals surface area contributed by atoms with Crippen molar-refractivity contribution in [3.63, 3.8) is 0 Å². The smallest absolute Gasteiger partial charge is 0.253 e. The number of hydrogen-bond acceptors (Lipinski definition) is 5. The number of benzene rings is 2. The maximum Gasteiger partial charge on any atom is 0.253 e. The van der Waals surface area contributed by atoms with Crippen molar-refractivity contribution in [2.24, 2.45) is 7.05 Å². The average Bonchev–Trinajstić information content (AvgIpc) is 3.73. The van der Waals surface area contributed by atoms with E-state index in [1.165, 1.54) is 12.8 Å². The molecule has 1 unspecified atom stereocenters. The number of aromatic nitrogens is 2. The number of rotatable bonds is 9. The highest BCUT2D eigenvalue weighted by molar-refractivity contribution is 7.81. The van der Waals surface area contributed by atoms with Crippen LogP contribution in [-0.2, 0) is 31.2 Å². The van der Waals surface area contributed by atoms with Gasteiger partial charge >= 0.3 is 0 Å². The van der Waals surface area contributed by atoms with E-state index < -0.39 is 11.0 Å². The summed E-state index contributed by atoms with van der Waals surface area (Å²) in [5.41, 5.74) is 4.99. The number of carbonyl (C=O) groups excluding carboxylic acids is 2. The van der Waals surface area contributed by atoms with Crippen LogP contribution in [0.1, 0.15) is 62.0 Å². The van der Waals surface area contributed by atoms with Gasteiger partial charge in [-0.2, -0.15) is 5.10 Å². The van der Waals surface area contributed by atoms with Gasteiger partial charge in [0.25, 0.3) is 11.8 Å². The molecule has 0 bridgehead atoms. The van der Waals surface area contributed by atoms with E-state index in [2.05, 4.69) is 16.5 Å². The number of aryl methyl sites for hydroxylation is 1. The summed E-state index contributed by atoms with van der Waals surface area (Å²) in [5, 5.41) is 7.58. The first-order chi connectivity index (χ1) is 18.8. The van der Waals surface area contributed by atoms with Gasteiger partial charge in [-0.25, -0.2) is 8.51 Å². The second kappa shape index (κ2) is 11.7. The molecule has 206 valence electrons. The van der Waals surface area contributed by atoms with Gasteiger partial charge in [0.05, 0.1) is 28.9 Å². The molecule has 1 aromatic heterocycles. The molecule has 39 heavy (non-hydrogen) atoms. The second-order valence-electron chi connectivity index (χ2n) is 10.2. The minimum Gasteiger partial charge on any atom is -0.489 e. The first kappa shape index (κ1) is 27.1. The van der Waals surface area contributed by atoms with Gasteiger partial charge in [0, 0.05) is 62.1 Å². The summed E-state index contributed by atoms with van der Waals surface area (Å²) in [6.07, 6.45) is 4.05. The van der Waals surface area contributed by atoms with Crippen LogP contribution in [0.3, 0.4) is 0 Å². The van der Waals surface area contributed by atoms with E-state index in [0.717, 1.165) is 22.5 Å². The Kier molecular flexibility index (Phi) is 8.13. The molecule has 2 fully saturated rings. The number of nitrogens with zero attached hydrogens (tertiary/aromatic N) is 4. The predicted octanol–water partition coefficient (Wildman–Crippen LogP) is 3.17. The molecule has 3 aromatic rings. The number of nitrogens with one attached hydrogen (secondary N) is 1. The molecule has 9 nitrogen and oxygen atoms in total. The van der Waals surface area contributed by atoms with Crippen LogP contribution in [0.2, 0.25) is 0 Å². The largest absolute Gasteiger partial charge is 0.489 e. The first-order valence-corrected chi connectivity index (χ1v) is 14.8. The molecule has 2 amide bonds. The lowest BCUT2D eigenvalue weighted by Crippen LogP contribution is -2.48. The average molecular weight is 550 g/mol. The highest BCUT2D eigenvalue weighted by Crippen LogP contribution is 2.39. The van der Waals surface area contributed by atoms with Crippen molar-refractivity contribution in [1.82, 2.24) is 24.3 Å². The molecule has 1 N–H and O–H groups in total. The Hall–Kier alpha value is -3.50. The summed E-state index contributed by atoms with van der Waals surface area (Å²) in [5.74, 6) is 1.05. The molecule has 0 radical (unpaired) electrons. The van der Waals surface area contributed by atoms with E-state index in [4.69, 9.17) is 4.74 Å². The lowest BCUT2D eigenvalue weighted by molar-refractivity contribution is 0.0701. The van der Waals surface area contributed by atoms with Crippen LogP contribution in [-0.4, -0.2) is 67.4 Å². The topological polar surface area (TPSA) is 96.8 Å². The lowest BCUT2D eigenvalue weighted by atomic mass is 10.1. The molecule has 1 saturated heterocycles. The molecular weight excluding hydrogens is 514 g/mol. The second-order valence-corrected chi connectivity index (χ2v) is 11.6. The van der Waals surface area contributed by atoms with E-state index in [1.54, 1.807) is 17.2 Å². The first-order valence-electron chi connectivity index (χ1n) is 13.3. The van der Waals surface area contributed by atoms with Gasteiger partial charge in [-0.3, -0.25) is 14.3 Å². The van der Waals surface area contributed by atoms with E-state index in [1.807, 2.05) is 59.4 Å². The molecule has 1 aliphatic heterocycles. The van der Waals surface area contributed by atoms with Crippen LogP contribution in [0.15, 0.2) is 48.5 Å².